The van der Waals surface area contributed by atoms with Crippen LogP contribution in [0, 0.1) is 0 Å². The third-order valence-corrected chi connectivity index (χ3v) is 5.61. The van der Waals surface area contributed by atoms with Crippen LogP contribution in [0.3, 0.4) is 0 Å². The summed E-state index contributed by atoms with van der Waals surface area (Å²) in [5.41, 5.74) is 2.02. The maximum atomic E-state index is 12.6. The Morgan fingerprint density at radius 1 is 1.17 bits per heavy atom. The molecule has 0 unspecified atom stereocenters. The number of aromatic nitrogens is 3. The Hall–Kier alpha value is -3.03. The van der Waals surface area contributed by atoms with Crippen molar-refractivity contribution in [1.82, 2.24) is 19.9 Å². The number of thiazole rings is 1. The Kier molecular flexibility index (Phi) is 5.42. The van der Waals surface area contributed by atoms with Crippen molar-refractivity contribution in [3.63, 3.8) is 0 Å². The number of amides is 1. The van der Waals surface area contributed by atoms with E-state index >= 15 is 0 Å². The fourth-order valence-electron chi connectivity index (χ4n) is 2.95. The average Bonchev–Trinajstić information content (AvgIpc) is 3.16. The second-order valence-electron chi connectivity index (χ2n) is 6.61. The highest BCUT2D eigenvalue weighted by Crippen LogP contribution is 2.26. The Balaban J connectivity index is 1.46. The van der Waals surface area contributed by atoms with Crippen LogP contribution >= 0.6 is 22.9 Å². The zero-order chi connectivity index (χ0) is 20.4. The number of aromatic amines is 1. The molecule has 4 rings (SSSR count). The van der Waals surface area contributed by atoms with E-state index in [2.05, 4.69) is 15.0 Å². The number of hydrogen-bond acceptors (Lipinski definition) is 5. The minimum Gasteiger partial charge on any atom is -0.338 e. The minimum absolute atomic E-state index is 0.108. The lowest BCUT2D eigenvalue weighted by atomic mass is 10.2. The van der Waals surface area contributed by atoms with Crippen LogP contribution in [0.5, 0.6) is 0 Å². The number of nitrogens with one attached hydrogen (secondary N) is 1. The number of H-pyrrole nitrogens is 1. The van der Waals surface area contributed by atoms with Gasteiger partial charge in [0.05, 0.1) is 29.6 Å². The molecule has 0 aliphatic rings. The molecule has 1 amide bonds. The number of carbonyl (C=O) groups excluding carboxylic acids is 1. The first-order valence-electron chi connectivity index (χ1n) is 8.92. The van der Waals surface area contributed by atoms with Crippen molar-refractivity contribution in [3.8, 4) is 10.6 Å². The lowest BCUT2D eigenvalue weighted by Gasteiger charge is -2.16. The molecule has 29 heavy (non-hydrogen) atoms. The van der Waals surface area contributed by atoms with Gasteiger partial charge in [0.2, 0.25) is 5.91 Å². The summed E-state index contributed by atoms with van der Waals surface area (Å²) >= 11 is 7.51. The van der Waals surface area contributed by atoms with Crippen molar-refractivity contribution in [2.75, 3.05) is 7.05 Å². The van der Waals surface area contributed by atoms with E-state index in [1.54, 1.807) is 25.2 Å². The predicted molar refractivity (Wildman–Crippen MR) is 115 cm³/mol. The molecule has 2 heterocycles. The van der Waals surface area contributed by atoms with Crippen LogP contribution in [0.15, 0.2) is 58.7 Å². The number of para-hydroxylation sites is 1. The molecule has 146 valence electrons. The summed E-state index contributed by atoms with van der Waals surface area (Å²) in [7, 11) is 1.68. The topological polar surface area (TPSA) is 79.0 Å². The van der Waals surface area contributed by atoms with E-state index in [4.69, 9.17) is 11.6 Å². The number of benzene rings is 2. The quantitative estimate of drug-likeness (QED) is 0.527. The molecular formula is C21H17ClN4O2S. The number of likely N-dealkylation sites (N-methyl/N-ethyl adjacent to an activating group) is 1. The third-order valence-electron chi connectivity index (χ3n) is 4.43. The molecule has 1 N–H and O–H groups in total. The van der Waals surface area contributed by atoms with E-state index in [9.17, 15) is 9.59 Å². The van der Waals surface area contributed by atoms with E-state index in [0.29, 0.717) is 27.4 Å². The summed E-state index contributed by atoms with van der Waals surface area (Å²) in [6.07, 6.45) is 0.172. The van der Waals surface area contributed by atoms with E-state index < -0.39 is 0 Å². The normalized spacial score (nSPS) is 11.0. The van der Waals surface area contributed by atoms with Gasteiger partial charge in [0.25, 0.3) is 5.56 Å². The summed E-state index contributed by atoms with van der Waals surface area (Å²) in [5, 5.41) is 3.87. The van der Waals surface area contributed by atoms with Crippen molar-refractivity contribution in [1.29, 1.82) is 0 Å². The highest BCUT2D eigenvalue weighted by Gasteiger charge is 2.15. The smallest absolute Gasteiger partial charge is 0.258 e. The number of hydrogen-bond donors (Lipinski definition) is 1. The minimum atomic E-state index is -0.211. The average molecular weight is 425 g/mol. The van der Waals surface area contributed by atoms with Crippen molar-refractivity contribution >= 4 is 39.7 Å². The molecule has 0 aliphatic carbocycles. The number of rotatable bonds is 5. The zero-order valence-corrected chi connectivity index (χ0v) is 17.1. The molecule has 0 aliphatic heterocycles. The van der Waals surface area contributed by atoms with Gasteiger partial charge in [0.1, 0.15) is 10.8 Å². The van der Waals surface area contributed by atoms with Gasteiger partial charge in [0.15, 0.2) is 0 Å². The summed E-state index contributed by atoms with van der Waals surface area (Å²) in [4.78, 5) is 38.1. The van der Waals surface area contributed by atoms with Gasteiger partial charge >= 0.3 is 0 Å². The van der Waals surface area contributed by atoms with Crippen LogP contribution in [0.4, 0.5) is 0 Å². The largest absolute Gasteiger partial charge is 0.338 e. The molecular weight excluding hydrogens is 408 g/mol. The summed E-state index contributed by atoms with van der Waals surface area (Å²) in [5.74, 6) is 0.339. The van der Waals surface area contributed by atoms with E-state index in [-0.39, 0.29) is 24.4 Å². The number of halogens is 1. The van der Waals surface area contributed by atoms with Crippen molar-refractivity contribution in [2.24, 2.45) is 0 Å². The van der Waals surface area contributed by atoms with Gasteiger partial charge in [-0.25, -0.2) is 9.97 Å². The van der Waals surface area contributed by atoms with E-state index in [0.717, 1.165) is 10.6 Å². The van der Waals surface area contributed by atoms with E-state index in [1.165, 1.54) is 16.2 Å². The van der Waals surface area contributed by atoms with Crippen LogP contribution in [0.25, 0.3) is 21.5 Å². The molecule has 0 bridgehead atoms. The second-order valence-corrected chi connectivity index (χ2v) is 7.91. The van der Waals surface area contributed by atoms with Crippen molar-refractivity contribution in [2.45, 2.75) is 13.0 Å². The molecule has 8 heteroatoms. The van der Waals surface area contributed by atoms with Gasteiger partial charge in [0, 0.05) is 23.0 Å². The van der Waals surface area contributed by atoms with Crippen LogP contribution in [0.1, 0.15) is 11.5 Å². The Morgan fingerprint density at radius 2 is 2.00 bits per heavy atom. The number of nitrogens with zero attached hydrogens (tertiary/aromatic N) is 3. The molecule has 2 aromatic carbocycles. The van der Waals surface area contributed by atoms with Crippen LogP contribution < -0.4 is 5.56 Å². The lowest BCUT2D eigenvalue weighted by Crippen LogP contribution is -2.29. The second kappa shape index (κ2) is 8.14. The standard InChI is InChI=1S/C21H17ClN4O2S/c1-26(11-18-24-17-8-3-2-7-16(17)20(28)25-18)19(27)10-15-12-29-21(23-15)13-5-4-6-14(22)9-13/h2-9,12H,10-11H2,1H3,(H,24,25,28). The summed E-state index contributed by atoms with van der Waals surface area (Å²) in [6, 6.07) is 14.6. The first-order valence-corrected chi connectivity index (χ1v) is 10.2. The summed E-state index contributed by atoms with van der Waals surface area (Å²) < 4.78 is 0. The monoisotopic (exact) mass is 424 g/mol. The molecule has 0 saturated carbocycles. The fraction of sp³-hybridized carbons (Fsp3) is 0.143. The molecule has 0 spiro atoms. The van der Waals surface area contributed by atoms with Gasteiger partial charge in [-0.05, 0) is 24.3 Å². The molecule has 0 atom stereocenters. The fourth-order valence-corrected chi connectivity index (χ4v) is 3.96. The third kappa shape index (κ3) is 4.36. The zero-order valence-electron chi connectivity index (χ0n) is 15.6. The SMILES string of the molecule is CN(Cc1nc2ccccc2c(=O)[nH]1)C(=O)Cc1csc(-c2cccc(Cl)c2)n1. The van der Waals surface area contributed by atoms with Crippen molar-refractivity contribution in [3.05, 3.63) is 80.8 Å². The van der Waals surface area contributed by atoms with Gasteiger partial charge in [-0.1, -0.05) is 35.9 Å². The van der Waals surface area contributed by atoms with Gasteiger partial charge in [-0.2, -0.15) is 0 Å². The molecule has 6 nitrogen and oxygen atoms in total. The van der Waals surface area contributed by atoms with Gasteiger partial charge in [-0.15, -0.1) is 11.3 Å². The van der Waals surface area contributed by atoms with Crippen LogP contribution in [-0.2, 0) is 17.8 Å². The molecule has 2 aromatic heterocycles. The summed E-state index contributed by atoms with van der Waals surface area (Å²) in [6.45, 7) is 0.212. The highest BCUT2D eigenvalue weighted by atomic mass is 35.5. The Labute approximate surface area is 175 Å². The van der Waals surface area contributed by atoms with Gasteiger partial charge < -0.3 is 9.88 Å². The Bertz CT molecular complexity index is 1250. The highest BCUT2D eigenvalue weighted by molar-refractivity contribution is 7.13. The number of carbonyl (C=O) groups is 1. The van der Waals surface area contributed by atoms with E-state index in [1.807, 2.05) is 35.7 Å². The number of fused-ring (bicyclic) bond motifs is 1. The molecule has 4 aromatic rings. The molecule has 0 fully saturated rings. The molecule has 0 saturated heterocycles. The first-order chi connectivity index (χ1) is 14.0. The maximum Gasteiger partial charge on any atom is 0.258 e. The predicted octanol–water partition coefficient (Wildman–Crippen LogP) is 3.90. The van der Waals surface area contributed by atoms with Crippen LogP contribution in [-0.4, -0.2) is 32.8 Å². The lowest BCUT2D eigenvalue weighted by molar-refractivity contribution is -0.129. The van der Waals surface area contributed by atoms with Crippen LogP contribution in [0.2, 0.25) is 5.02 Å². The van der Waals surface area contributed by atoms with Crippen molar-refractivity contribution < 1.29 is 4.79 Å². The first kappa shape index (κ1) is 19.3. The maximum absolute atomic E-state index is 12.6. The van der Waals surface area contributed by atoms with Gasteiger partial charge in [-0.3, -0.25) is 9.59 Å². The molecule has 0 radical (unpaired) electrons. The Morgan fingerprint density at radius 3 is 2.83 bits per heavy atom.